The van der Waals surface area contributed by atoms with Gasteiger partial charge in [0.1, 0.15) is 13.7 Å². The molecule has 19 heteroatoms. The lowest BCUT2D eigenvalue weighted by molar-refractivity contribution is -0.546. The molecule has 268 valence electrons. The van der Waals surface area contributed by atoms with Crippen molar-refractivity contribution in [3.05, 3.63) is 87.2 Å². The third-order valence-corrected chi connectivity index (χ3v) is 9.12. The SMILES string of the molecule is [B]C(C)(O)C(O)(O)C(O)(O)C(O)(O)C1(O)CCC(C)c2cc(-c3cc(C(N)=O)ccc3Cl)ccc2N(C(=O)c2c(F)cccc2Cl)C(O)(O)O1. The summed E-state index contributed by atoms with van der Waals surface area (Å²) in [4.78, 5) is 25.9. The van der Waals surface area contributed by atoms with E-state index in [1.807, 2.05) is 0 Å². The number of nitrogens with zero attached hydrogens (tertiary/aromatic N) is 1. The van der Waals surface area contributed by atoms with Gasteiger partial charge in [-0.05, 0) is 72.9 Å². The van der Waals surface area contributed by atoms with Crippen LogP contribution in [0.5, 0.6) is 0 Å². The maximum absolute atomic E-state index is 15.1. The number of amides is 2. The van der Waals surface area contributed by atoms with Gasteiger partial charge in [-0.3, -0.25) is 14.3 Å². The number of hydrogen-bond acceptors (Lipinski definition) is 13. The first-order valence-electron chi connectivity index (χ1n) is 14.5. The topological polar surface area (TPSA) is 275 Å². The van der Waals surface area contributed by atoms with Gasteiger partial charge < -0.3 is 56.8 Å². The summed E-state index contributed by atoms with van der Waals surface area (Å²) in [5.74, 6) is -23.2. The molecule has 1 heterocycles. The molecule has 12 N–H and O–H groups in total. The van der Waals surface area contributed by atoms with Gasteiger partial charge in [-0.25, -0.2) is 9.29 Å². The first-order chi connectivity index (χ1) is 22.7. The number of carbonyl (C=O) groups excluding carboxylic acids is 2. The van der Waals surface area contributed by atoms with E-state index in [4.69, 9.17) is 41.5 Å². The van der Waals surface area contributed by atoms with Crippen molar-refractivity contribution in [3.8, 4) is 11.1 Å². The molecule has 0 aromatic heterocycles. The largest absolute Gasteiger partial charge is 0.394 e. The smallest absolute Gasteiger partial charge is 0.381 e. The van der Waals surface area contributed by atoms with Crippen molar-refractivity contribution in [1.82, 2.24) is 0 Å². The molecule has 2 amide bonds. The van der Waals surface area contributed by atoms with Crippen molar-refractivity contribution < 1.29 is 69.8 Å². The molecule has 0 saturated heterocycles. The van der Waals surface area contributed by atoms with E-state index in [9.17, 15) is 60.7 Å². The summed E-state index contributed by atoms with van der Waals surface area (Å²) >= 11 is 12.5. The summed E-state index contributed by atoms with van der Waals surface area (Å²) in [6, 6.07) is 10.8. The van der Waals surface area contributed by atoms with Crippen LogP contribution < -0.4 is 10.6 Å². The molecule has 0 saturated carbocycles. The Morgan fingerprint density at radius 2 is 1.58 bits per heavy atom. The molecule has 1 aliphatic heterocycles. The highest BCUT2D eigenvalue weighted by atomic mass is 35.5. The first-order valence-corrected chi connectivity index (χ1v) is 15.2. The van der Waals surface area contributed by atoms with Crippen LogP contribution in [0.1, 0.15) is 58.9 Å². The van der Waals surface area contributed by atoms with Crippen molar-refractivity contribution in [1.29, 1.82) is 0 Å². The predicted octanol–water partition coefficient (Wildman–Crippen LogP) is -0.337. The van der Waals surface area contributed by atoms with Crippen LogP contribution in [0.3, 0.4) is 0 Å². The normalized spacial score (nSPS) is 21.3. The van der Waals surface area contributed by atoms with E-state index >= 15 is 4.39 Å². The Hall–Kier alpha value is -3.27. The van der Waals surface area contributed by atoms with E-state index < -0.39 is 87.4 Å². The first kappa shape index (κ1) is 39.5. The number of ether oxygens (including phenoxy) is 1. The number of hydrogen-bond donors (Lipinski definition) is 11. The van der Waals surface area contributed by atoms with Crippen LogP contribution >= 0.6 is 23.2 Å². The molecule has 0 fully saturated rings. The van der Waals surface area contributed by atoms with Gasteiger partial charge in [-0.15, -0.1) is 0 Å². The van der Waals surface area contributed by atoms with Crippen LogP contribution in [0.15, 0.2) is 54.6 Å². The monoisotopic (exact) mass is 740 g/mol. The molecule has 3 aromatic rings. The average Bonchev–Trinajstić information content (AvgIpc) is 3.01. The van der Waals surface area contributed by atoms with Crippen LogP contribution in [-0.2, 0) is 4.74 Å². The number of primary amides is 1. The second-order valence-corrected chi connectivity index (χ2v) is 12.9. The maximum atomic E-state index is 15.1. The summed E-state index contributed by atoms with van der Waals surface area (Å²) in [7, 11) is 5.19. The van der Waals surface area contributed by atoms with Crippen molar-refractivity contribution >= 4 is 48.5 Å². The third-order valence-electron chi connectivity index (χ3n) is 8.48. The summed E-state index contributed by atoms with van der Waals surface area (Å²) in [5.41, 5.74) is 0.981. The molecular formula is C31H32BCl2FN2O13. The van der Waals surface area contributed by atoms with Crippen molar-refractivity contribution in [2.45, 2.75) is 67.4 Å². The van der Waals surface area contributed by atoms with Crippen LogP contribution in [0.25, 0.3) is 11.1 Å². The molecule has 1 aliphatic rings. The van der Waals surface area contributed by atoms with Crippen LogP contribution in [-0.4, -0.2) is 105 Å². The zero-order valence-corrected chi connectivity index (χ0v) is 27.6. The second kappa shape index (κ2) is 13.1. The minimum absolute atomic E-state index is 0.0199. The van der Waals surface area contributed by atoms with Gasteiger partial charge >= 0.3 is 6.10 Å². The number of benzene rings is 3. The fraction of sp³-hybridized carbons (Fsp3) is 0.355. The quantitative estimate of drug-likeness (QED) is 0.109. The number of nitrogens with two attached hydrogens (primary N) is 1. The van der Waals surface area contributed by atoms with E-state index in [1.165, 1.54) is 37.3 Å². The van der Waals surface area contributed by atoms with Gasteiger partial charge in [-0.2, -0.15) is 0 Å². The second-order valence-electron chi connectivity index (χ2n) is 12.1. The van der Waals surface area contributed by atoms with Gasteiger partial charge in [0.05, 0.1) is 21.8 Å². The fourth-order valence-electron chi connectivity index (χ4n) is 5.44. The molecule has 3 atom stereocenters. The van der Waals surface area contributed by atoms with Gasteiger partial charge in [0.2, 0.25) is 17.5 Å². The Kier molecular flexibility index (Phi) is 10.3. The maximum Gasteiger partial charge on any atom is 0.381 e. The minimum Gasteiger partial charge on any atom is -0.394 e. The third kappa shape index (κ3) is 6.50. The number of carbonyl (C=O) groups is 2. The lowest BCUT2D eigenvalue weighted by atomic mass is 9.69. The number of aliphatic hydroxyl groups is 10. The highest BCUT2D eigenvalue weighted by molar-refractivity contribution is 6.35. The molecule has 2 radical (unpaired) electrons. The highest BCUT2D eigenvalue weighted by Gasteiger charge is 2.75. The Bertz CT molecular complexity index is 1820. The predicted molar refractivity (Wildman–Crippen MR) is 172 cm³/mol. The number of anilines is 1. The Labute approximate surface area is 294 Å². The molecule has 50 heavy (non-hydrogen) atoms. The Balaban J connectivity index is 2.02. The van der Waals surface area contributed by atoms with Crippen LogP contribution in [0, 0.1) is 5.82 Å². The van der Waals surface area contributed by atoms with Crippen molar-refractivity contribution in [2.75, 3.05) is 4.90 Å². The van der Waals surface area contributed by atoms with E-state index in [1.54, 1.807) is 0 Å². The minimum atomic E-state index is -4.90. The molecule has 4 rings (SSSR count). The summed E-state index contributed by atoms with van der Waals surface area (Å²) in [6.45, 7) is 1.81. The lowest BCUT2D eigenvalue weighted by Crippen LogP contribution is -2.82. The molecule has 0 aliphatic carbocycles. The van der Waals surface area contributed by atoms with Crippen molar-refractivity contribution in [2.24, 2.45) is 5.73 Å². The molecular weight excluding hydrogens is 709 g/mol. The van der Waals surface area contributed by atoms with E-state index in [-0.39, 0.29) is 32.2 Å². The molecule has 15 nitrogen and oxygen atoms in total. The van der Waals surface area contributed by atoms with Gasteiger partial charge in [0, 0.05) is 22.6 Å². The van der Waals surface area contributed by atoms with Gasteiger partial charge in [-0.1, -0.05) is 42.3 Å². The lowest BCUT2D eigenvalue weighted by Gasteiger charge is -2.53. The summed E-state index contributed by atoms with van der Waals surface area (Å²) in [5, 5.41) is 108. The molecule has 3 aromatic carbocycles. The van der Waals surface area contributed by atoms with Crippen LogP contribution in [0.2, 0.25) is 10.0 Å². The Morgan fingerprint density at radius 1 is 0.960 bits per heavy atom. The average molecular weight is 741 g/mol. The number of fused-ring (bicyclic) bond motifs is 1. The number of rotatable bonds is 7. The van der Waals surface area contributed by atoms with E-state index in [2.05, 4.69) is 0 Å². The van der Waals surface area contributed by atoms with Gasteiger partial charge in [0.15, 0.2) is 0 Å². The van der Waals surface area contributed by atoms with E-state index in [0.717, 1.165) is 24.3 Å². The van der Waals surface area contributed by atoms with Crippen LogP contribution in [0.4, 0.5) is 10.1 Å². The zero-order valence-electron chi connectivity index (χ0n) is 26.1. The molecule has 0 bridgehead atoms. The Morgan fingerprint density at radius 3 is 2.14 bits per heavy atom. The summed E-state index contributed by atoms with van der Waals surface area (Å²) in [6.07, 6.45) is -6.12. The van der Waals surface area contributed by atoms with E-state index in [0.29, 0.717) is 6.92 Å². The molecule has 3 unspecified atom stereocenters. The highest BCUT2D eigenvalue weighted by Crippen LogP contribution is 2.48. The molecule has 0 spiro atoms. The fourth-order valence-corrected chi connectivity index (χ4v) is 5.91. The zero-order chi connectivity index (χ0) is 38.0. The summed E-state index contributed by atoms with van der Waals surface area (Å²) < 4.78 is 20.0. The standard InChI is InChI=1S/C31H32BCl2FN2O13/c1-14-10-11-27(41,29(44,45)30(46,47)28(42,43)26(2,32)40)50-31(48,49)37(25(39)23-20(34)4-3-5-21(23)35)22-9-7-15(12-17(14)22)18-13-16(24(36)38)6-8-19(18)33/h3-9,12-14,40-49H,10-11H2,1-2H3,(H2,36,38). The number of halogens is 3. The van der Waals surface area contributed by atoms with Gasteiger partial charge in [0.25, 0.3) is 17.5 Å². The van der Waals surface area contributed by atoms with Crippen molar-refractivity contribution in [3.63, 3.8) is 0 Å².